The number of benzene rings is 2. The van der Waals surface area contributed by atoms with Crippen LogP contribution in [-0.2, 0) is 26.7 Å². The third-order valence-corrected chi connectivity index (χ3v) is 2.79. The Morgan fingerprint density at radius 3 is 1.12 bits per heavy atom. The summed E-state index contributed by atoms with van der Waals surface area (Å²) in [6, 6.07) is 17.4. The fraction of sp³-hybridized carbons (Fsp3) is 0.100. The van der Waals surface area contributed by atoms with Gasteiger partial charge in [-0.1, -0.05) is 36.4 Å². The Morgan fingerprint density at radius 1 is 0.600 bits per heavy atom. The number of carbonyl (C=O) groups is 4. The Kier molecular flexibility index (Phi) is 10.6. The summed E-state index contributed by atoms with van der Waals surface area (Å²) in [5.41, 5.74) is 1.10. The van der Waals surface area contributed by atoms with Gasteiger partial charge >= 0.3 is 17.1 Å². The predicted molar refractivity (Wildman–Crippen MR) is 91.5 cm³/mol. The van der Waals surface area contributed by atoms with Crippen molar-refractivity contribution >= 4 is 23.1 Å². The molecule has 4 nitrogen and oxygen atoms in total. The van der Waals surface area contributed by atoms with Crippen LogP contribution in [0.4, 0.5) is 0 Å². The molecule has 0 amide bonds. The van der Waals surface area contributed by atoms with E-state index in [0.29, 0.717) is 11.1 Å². The van der Waals surface area contributed by atoms with Gasteiger partial charge < -0.3 is 19.2 Å². The van der Waals surface area contributed by atoms with Gasteiger partial charge in [-0.3, -0.25) is 0 Å². The minimum absolute atomic E-state index is 0. The summed E-state index contributed by atoms with van der Waals surface area (Å²) in [4.78, 5) is 43.5. The van der Waals surface area contributed by atoms with Crippen LogP contribution in [0.1, 0.15) is 34.6 Å². The van der Waals surface area contributed by atoms with E-state index < -0.39 is 0 Å². The predicted octanol–water partition coefficient (Wildman–Crippen LogP) is 3.32. The Balaban J connectivity index is 0.000000443. The normalized spacial score (nSPS) is 8.72. The molecule has 25 heavy (non-hydrogen) atoms. The van der Waals surface area contributed by atoms with Crippen molar-refractivity contribution in [2.24, 2.45) is 0 Å². The second kappa shape index (κ2) is 11.8. The molecule has 0 saturated carbocycles. The summed E-state index contributed by atoms with van der Waals surface area (Å²) in [5.74, 6) is -0.904. The minimum atomic E-state index is -0.233. The van der Waals surface area contributed by atoms with Gasteiger partial charge in [-0.05, 0) is 13.8 Å². The zero-order valence-corrected chi connectivity index (χ0v) is 15.1. The van der Waals surface area contributed by atoms with E-state index in [1.165, 1.54) is 13.8 Å². The summed E-state index contributed by atoms with van der Waals surface area (Å²) in [5, 5.41) is 0. The second-order valence-electron chi connectivity index (χ2n) is 4.97. The summed E-state index contributed by atoms with van der Waals surface area (Å²) in [6.45, 7) is 2.72. The van der Waals surface area contributed by atoms with E-state index in [4.69, 9.17) is 0 Å². The summed E-state index contributed by atoms with van der Waals surface area (Å²) in [6.07, 6.45) is 2.19. The quantitative estimate of drug-likeness (QED) is 0.335. The average molecular weight is 377 g/mol. The van der Waals surface area contributed by atoms with Crippen LogP contribution in [0.15, 0.2) is 60.7 Å². The largest absolute Gasteiger partial charge is 2.00 e. The number of hydrogen-bond acceptors (Lipinski definition) is 4. The maximum absolute atomic E-state index is 11.2. The van der Waals surface area contributed by atoms with Gasteiger partial charge in [0.2, 0.25) is 0 Å². The van der Waals surface area contributed by atoms with Crippen LogP contribution in [0.25, 0.3) is 0 Å². The topological polar surface area (TPSA) is 68.3 Å². The maximum atomic E-state index is 11.2. The first-order chi connectivity index (χ1) is 11.4. The van der Waals surface area contributed by atoms with Crippen LogP contribution in [0.2, 0.25) is 0 Å². The fourth-order valence-electron chi connectivity index (χ4n) is 1.74. The molecule has 2 rings (SSSR count). The van der Waals surface area contributed by atoms with Crippen molar-refractivity contribution in [1.29, 1.82) is 0 Å². The molecule has 0 aromatic heterocycles. The Morgan fingerprint density at radius 2 is 0.880 bits per heavy atom. The SMILES string of the molecule is CC(=O)[CH-]C(=O)c1ccccc1.CC(=O)[CH-]C(=O)c1ccccc1.[Mn+2]. The first kappa shape index (κ1) is 22.4. The summed E-state index contributed by atoms with van der Waals surface area (Å²) >= 11 is 0. The van der Waals surface area contributed by atoms with Crippen LogP contribution in [0, 0.1) is 12.8 Å². The molecular weight excluding hydrogens is 359 g/mol. The third kappa shape index (κ3) is 9.30. The van der Waals surface area contributed by atoms with Gasteiger partial charge in [0.25, 0.3) is 0 Å². The molecule has 0 heterocycles. The molecule has 0 saturated heterocycles. The molecule has 0 aliphatic heterocycles. The molecule has 0 spiro atoms. The van der Waals surface area contributed by atoms with Crippen molar-refractivity contribution < 1.29 is 36.2 Å². The summed E-state index contributed by atoms with van der Waals surface area (Å²) in [7, 11) is 0. The first-order valence-corrected chi connectivity index (χ1v) is 7.29. The van der Waals surface area contributed by atoms with Gasteiger partial charge in [-0.25, -0.2) is 0 Å². The monoisotopic (exact) mass is 377 g/mol. The molecule has 2 aromatic carbocycles. The molecule has 0 N–H and O–H groups in total. The second-order valence-corrected chi connectivity index (χ2v) is 4.97. The molecule has 0 aliphatic rings. The van der Waals surface area contributed by atoms with Crippen LogP contribution >= 0.6 is 0 Å². The number of rotatable bonds is 6. The van der Waals surface area contributed by atoms with E-state index in [1.807, 2.05) is 12.1 Å². The van der Waals surface area contributed by atoms with Crippen molar-refractivity contribution in [1.82, 2.24) is 0 Å². The van der Waals surface area contributed by atoms with E-state index in [-0.39, 0.29) is 40.2 Å². The Labute approximate surface area is 158 Å². The third-order valence-electron chi connectivity index (χ3n) is 2.79. The molecule has 0 atom stereocenters. The maximum Gasteiger partial charge on any atom is 2.00 e. The van der Waals surface area contributed by atoms with Crippen molar-refractivity contribution in [2.75, 3.05) is 0 Å². The molecule has 1 radical (unpaired) electrons. The van der Waals surface area contributed by atoms with Gasteiger partial charge in [0.05, 0.1) is 11.6 Å². The molecule has 0 bridgehead atoms. The van der Waals surface area contributed by atoms with Gasteiger partial charge in [-0.2, -0.15) is 0 Å². The van der Waals surface area contributed by atoms with E-state index in [9.17, 15) is 19.2 Å². The van der Waals surface area contributed by atoms with Crippen LogP contribution in [0.3, 0.4) is 0 Å². The fourth-order valence-corrected chi connectivity index (χ4v) is 1.74. The molecule has 2 aromatic rings. The van der Waals surface area contributed by atoms with Crippen LogP contribution in [-0.4, -0.2) is 23.1 Å². The van der Waals surface area contributed by atoms with Gasteiger partial charge in [0.1, 0.15) is 0 Å². The molecular formula is C20H18MnO4. The van der Waals surface area contributed by atoms with Gasteiger partial charge in [0.15, 0.2) is 0 Å². The number of Topliss-reactive ketones (excluding diaryl/α,β-unsaturated/α-hetero) is 4. The standard InChI is InChI=1S/2C10H9O2.Mn/c2*1-8(11)7-10(12)9-5-3-2-4-6-9;/h2*2-7H,1H3;/q2*-1;+2. The van der Waals surface area contributed by atoms with Gasteiger partial charge in [0, 0.05) is 11.6 Å². The van der Waals surface area contributed by atoms with Gasteiger partial charge in [-0.15, -0.1) is 48.2 Å². The van der Waals surface area contributed by atoms with Crippen molar-refractivity contribution in [3.8, 4) is 0 Å². The van der Waals surface area contributed by atoms with E-state index in [1.54, 1.807) is 48.5 Å². The summed E-state index contributed by atoms with van der Waals surface area (Å²) < 4.78 is 0. The molecule has 5 heteroatoms. The first-order valence-electron chi connectivity index (χ1n) is 7.29. The van der Waals surface area contributed by atoms with E-state index in [0.717, 1.165) is 12.8 Å². The van der Waals surface area contributed by atoms with Crippen molar-refractivity contribution in [3.63, 3.8) is 0 Å². The van der Waals surface area contributed by atoms with E-state index >= 15 is 0 Å². The van der Waals surface area contributed by atoms with Crippen molar-refractivity contribution in [3.05, 3.63) is 84.6 Å². The molecule has 0 unspecified atom stereocenters. The number of ketones is 4. The van der Waals surface area contributed by atoms with Crippen molar-refractivity contribution in [2.45, 2.75) is 13.8 Å². The zero-order valence-electron chi connectivity index (χ0n) is 13.9. The Bertz CT molecular complexity index is 645. The van der Waals surface area contributed by atoms with E-state index in [2.05, 4.69) is 0 Å². The average Bonchev–Trinajstić information content (AvgIpc) is 2.56. The zero-order chi connectivity index (χ0) is 17.9. The molecule has 0 fully saturated rings. The number of carbonyl (C=O) groups excluding carboxylic acids is 4. The molecule has 129 valence electrons. The minimum Gasteiger partial charge on any atom is -0.331 e. The Hall–Kier alpha value is -2.62. The van der Waals surface area contributed by atoms with Crippen LogP contribution < -0.4 is 0 Å². The molecule has 0 aliphatic carbocycles. The number of hydrogen-bond donors (Lipinski definition) is 0. The van der Waals surface area contributed by atoms with Crippen LogP contribution in [0.5, 0.6) is 0 Å². The smallest absolute Gasteiger partial charge is 0.331 e.